The lowest BCUT2D eigenvalue weighted by molar-refractivity contribution is -0.130. The van der Waals surface area contributed by atoms with Crippen LogP contribution in [0.3, 0.4) is 0 Å². The van der Waals surface area contributed by atoms with Crippen molar-refractivity contribution in [1.82, 2.24) is 10.2 Å². The number of carbonyl (C=O) groups excluding carboxylic acids is 3. The Kier molecular flexibility index (Phi) is 9.54. The fourth-order valence-corrected chi connectivity index (χ4v) is 3.66. The van der Waals surface area contributed by atoms with Gasteiger partial charge in [-0.1, -0.05) is 57.7 Å². The van der Waals surface area contributed by atoms with E-state index in [1.165, 1.54) is 0 Å². The van der Waals surface area contributed by atoms with Crippen molar-refractivity contribution in [3.05, 3.63) is 35.9 Å². The van der Waals surface area contributed by atoms with Crippen LogP contribution < -0.4 is 5.32 Å². The third-order valence-electron chi connectivity index (χ3n) is 5.33. The molecule has 0 radical (unpaired) electrons. The first-order valence-corrected chi connectivity index (χ1v) is 11.7. The highest BCUT2D eigenvalue weighted by molar-refractivity contribution is 5.93. The number of amides is 2. The standard InChI is InChI=1S/C25H38N2O5/c1-6-8-11-16-19-20(27(19)24(30)32-25(3,4)5)21(22(28)26-17-9-7-2)31-23(29)18-14-12-10-13-15-18/h10,12-15,19-21H,6-9,11,16-17H2,1-5H3,(H,26,28)/t19-,20+,21+,27?/m1/s1. The van der Waals surface area contributed by atoms with E-state index < -0.39 is 29.8 Å². The Labute approximate surface area is 191 Å². The quantitative estimate of drug-likeness (QED) is 0.303. The monoisotopic (exact) mass is 446 g/mol. The maximum atomic E-state index is 13.0. The molecule has 0 saturated carbocycles. The molecule has 7 heteroatoms. The number of rotatable bonds is 11. The molecule has 0 unspecified atom stereocenters. The van der Waals surface area contributed by atoms with E-state index in [2.05, 4.69) is 12.2 Å². The van der Waals surface area contributed by atoms with Gasteiger partial charge in [-0.05, 0) is 45.7 Å². The van der Waals surface area contributed by atoms with Gasteiger partial charge < -0.3 is 14.8 Å². The molecule has 7 nitrogen and oxygen atoms in total. The molecule has 1 saturated heterocycles. The predicted octanol–water partition coefficient (Wildman–Crippen LogP) is 4.70. The minimum Gasteiger partial charge on any atom is -0.446 e. The zero-order valence-electron chi connectivity index (χ0n) is 20.1. The molecule has 32 heavy (non-hydrogen) atoms. The second-order valence-electron chi connectivity index (χ2n) is 9.28. The number of nitrogens with one attached hydrogen (secondary N) is 1. The molecule has 2 amide bonds. The first-order valence-electron chi connectivity index (χ1n) is 11.7. The van der Waals surface area contributed by atoms with E-state index in [1.807, 2.05) is 6.92 Å². The highest BCUT2D eigenvalue weighted by Crippen LogP contribution is 2.38. The molecule has 1 aliphatic heterocycles. The summed E-state index contributed by atoms with van der Waals surface area (Å²) in [7, 11) is 0. The van der Waals surface area contributed by atoms with Gasteiger partial charge in [0.1, 0.15) is 11.6 Å². The van der Waals surface area contributed by atoms with Crippen molar-refractivity contribution in [2.75, 3.05) is 6.54 Å². The molecule has 0 spiro atoms. The lowest BCUT2D eigenvalue weighted by Gasteiger charge is -2.21. The lowest BCUT2D eigenvalue weighted by Crippen LogP contribution is -2.43. The van der Waals surface area contributed by atoms with Gasteiger partial charge in [0, 0.05) is 6.54 Å². The molecular weight excluding hydrogens is 408 g/mol. The SMILES string of the molecule is CCCCC[C@@H]1[C@@H]([C@H](OC(=O)c2ccccc2)C(=O)NCCCC)N1C(=O)OC(C)(C)C. The Hall–Kier alpha value is -2.57. The van der Waals surface area contributed by atoms with Crippen LogP contribution >= 0.6 is 0 Å². The Bertz CT molecular complexity index is 759. The molecule has 2 rings (SSSR count). The third kappa shape index (κ3) is 7.53. The van der Waals surface area contributed by atoms with E-state index in [-0.39, 0.29) is 11.9 Å². The highest BCUT2D eigenvalue weighted by Gasteiger charge is 2.59. The fraction of sp³-hybridized carbons (Fsp3) is 0.640. The average Bonchev–Trinajstić information content (AvgIpc) is 3.45. The molecule has 1 aromatic rings. The molecule has 0 aliphatic carbocycles. The minimum atomic E-state index is -1.08. The first kappa shape index (κ1) is 25.7. The Morgan fingerprint density at radius 3 is 2.28 bits per heavy atom. The van der Waals surface area contributed by atoms with E-state index in [1.54, 1.807) is 56.0 Å². The molecule has 178 valence electrons. The summed E-state index contributed by atoms with van der Waals surface area (Å²) in [5.74, 6) is -0.955. The third-order valence-corrected chi connectivity index (χ3v) is 5.33. The van der Waals surface area contributed by atoms with Crippen molar-refractivity contribution >= 4 is 18.0 Å². The Morgan fingerprint density at radius 2 is 1.69 bits per heavy atom. The van der Waals surface area contributed by atoms with Crippen LogP contribution in [0, 0.1) is 0 Å². The van der Waals surface area contributed by atoms with Crippen LogP contribution in [0.2, 0.25) is 0 Å². The van der Waals surface area contributed by atoms with Crippen LogP contribution in [0.15, 0.2) is 30.3 Å². The van der Waals surface area contributed by atoms with Gasteiger partial charge >= 0.3 is 12.1 Å². The summed E-state index contributed by atoms with van der Waals surface area (Å²) < 4.78 is 11.3. The number of nitrogens with zero attached hydrogens (tertiary/aromatic N) is 1. The second-order valence-corrected chi connectivity index (χ2v) is 9.28. The van der Waals surface area contributed by atoms with Crippen LogP contribution in [-0.2, 0) is 14.3 Å². The van der Waals surface area contributed by atoms with Gasteiger partial charge in [0.15, 0.2) is 0 Å². The van der Waals surface area contributed by atoms with Crippen molar-refractivity contribution in [2.45, 2.75) is 96.9 Å². The first-order chi connectivity index (χ1) is 15.2. The minimum absolute atomic E-state index is 0.193. The summed E-state index contributed by atoms with van der Waals surface area (Å²) >= 11 is 0. The summed E-state index contributed by atoms with van der Waals surface area (Å²) in [6.07, 6.45) is 3.93. The summed E-state index contributed by atoms with van der Waals surface area (Å²) in [5.41, 5.74) is -0.288. The average molecular weight is 447 g/mol. The maximum Gasteiger partial charge on any atom is 0.411 e. The smallest absolute Gasteiger partial charge is 0.411 e. The van der Waals surface area contributed by atoms with E-state index in [9.17, 15) is 14.4 Å². The molecule has 3 atom stereocenters. The topological polar surface area (TPSA) is 84.7 Å². The number of benzene rings is 1. The number of esters is 1. The van der Waals surface area contributed by atoms with Crippen molar-refractivity contribution in [3.63, 3.8) is 0 Å². The van der Waals surface area contributed by atoms with Crippen molar-refractivity contribution in [3.8, 4) is 0 Å². The van der Waals surface area contributed by atoms with Crippen molar-refractivity contribution in [2.24, 2.45) is 0 Å². The van der Waals surface area contributed by atoms with E-state index >= 15 is 0 Å². The van der Waals surface area contributed by atoms with Gasteiger partial charge in [0.25, 0.3) is 5.91 Å². The van der Waals surface area contributed by atoms with E-state index in [0.717, 1.165) is 38.5 Å². The largest absolute Gasteiger partial charge is 0.446 e. The zero-order valence-corrected chi connectivity index (χ0v) is 20.1. The van der Waals surface area contributed by atoms with Crippen LogP contribution in [0.1, 0.15) is 83.5 Å². The molecule has 0 aromatic heterocycles. The van der Waals surface area contributed by atoms with Crippen LogP contribution in [0.25, 0.3) is 0 Å². The van der Waals surface area contributed by atoms with Gasteiger partial charge in [0.05, 0.1) is 11.6 Å². The van der Waals surface area contributed by atoms with E-state index in [4.69, 9.17) is 9.47 Å². The Balaban J connectivity index is 2.23. The number of hydrogen-bond donors (Lipinski definition) is 1. The highest BCUT2D eigenvalue weighted by atomic mass is 16.6. The van der Waals surface area contributed by atoms with E-state index in [0.29, 0.717) is 12.1 Å². The normalized spacial score (nSPS) is 18.6. The summed E-state index contributed by atoms with van der Waals surface area (Å²) in [6.45, 7) is 10.1. The van der Waals surface area contributed by atoms with Gasteiger partial charge in [-0.25, -0.2) is 9.59 Å². The second kappa shape index (κ2) is 11.9. The fourth-order valence-electron chi connectivity index (χ4n) is 3.66. The van der Waals surface area contributed by atoms with Crippen LogP contribution in [0.5, 0.6) is 0 Å². The lowest BCUT2D eigenvalue weighted by atomic mass is 10.1. The number of ether oxygens (including phenoxy) is 2. The molecule has 1 N–H and O–H groups in total. The molecule has 1 heterocycles. The maximum absolute atomic E-state index is 13.0. The Morgan fingerprint density at radius 1 is 1.03 bits per heavy atom. The van der Waals surface area contributed by atoms with Crippen LogP contribution in [0.4, 0.5) is 4.79 Å². The molecule has 1 aliphatic rings. The number of unbranched alkanes of at least 4 members (excludes halogenated alkanes) is 3. The van der Waals surface area contributed by atoms with Gasteiger partial charge in [-0.2, -0.15) is 0 Å². The molecule has 1 aromatic carbocycles. The van der Waals surface area contributed by atoms with Gasteiger partial charge in [-0.15, -0.1) is 0 Å². The predicted molar refractivity (Wildman–Crippen MR) is 123 cm³/mol. The van der Waals surface area contributed by atoms with Gasteiger partial charge in [-0.3, -0.25) is 9.69 Å². The summed E-state index contributed by atoms with van der Waals surface area (Å²) in [4.78, 5) is 40.2. The van der Waals surface area contributed by atoms with Gasteiger partial charge in [0.2, 0.25) is 6.10 Å². The summed E-state index contributed by atoms with van der Waals surface area (Å²) in [5, 5.41) is 2.86. The number of carbonyl (C=O) groups is 3. The number of hydrogen-bond acceptors (Lipinski definition) is 5. The molecule has 0 bridgehead atoms. The van der Waals surface area contributed by atoms with Crippen molar-refractivity contribution in [1.29, 1.82) is 0 Å². The molecule has 1 fully saturated rings. The van der Waals surface area contributed by atoms with Crippen LogP contribution in [-0.4, -0.2) is 53.2 Å². The summed E-state index contributed by atoms with van der Waals surface area (Å²) in [6, 6.07) is 7.85. The molecular formula is C25H38N2O5. The zero-order chi connectivity index (χ0) is 23.7. The van der Waals surface area contributed by atoms with Crippen molar-refractivity contribution < 1.29 is 23.9 Å².